The molecule has 1 aromatic rings. The van der Waals surface area contributed by atoms with E-state index in [9.17, 15) is 21.6 Å². The number of alkyl halides is 3. The minimum atomic E-state index is -4.79. The fourth-order valence-electron chi connectivity index (χ4n) is 2.48. The third-order valence-electron chi connectivity index (χ3n) is 3.82. The first-order valence-corrected chi connectivity index (χ1v) is 8.48. The Balaban J connectivity index is 0.00000288. The summed E-state index contributed by atoms with van der Waals surface area (Å²) in [5.74, 6) is 0.0268. The molecule has 2 N–H and O–H groups in total. The maximum absolute atomic E-state index is 12.9. The van der Waals surface area contributed by atoms with Gasteiger partial charge in [0.05, 0.1) is 22.1 Å². The minimum Gasteiger partial charge on any atom is -0.316 e. The Morgan fingerprint density at radius 1 is 1.38 bits per heavy atom. The van der Waals surface area contributed by atoms with E-state index in [1.165, 1.54) is 6.07 Å². The van der Waals surface area contributed by atoms with Crippen LogP contribution in [0.25, 0.3) is 0 Å². The SMILES string of the molecule is CC1CNCCC1NS(=O)(=O)c1ccc(C#N)c(C(F)(F)F)c1.Cl. The standard InChI is InChI=1S/C14H16F3N3O2S.ClH/c1-9-8-19-5-4-13(9)20-23(21,22)11-3-2-10(7-18)12(6-11)14(15,16)17;/h2-3,6,9,13,19-20H,4-5,8H2,1H3;1H. The second-order valence-electron chi connectivity index (χ2n) is 5.51. The Labute approximate surface area is 144 Å². The van der Waals surface area contributed by atoms with Crippen molar-refractivity contribution in [1.29, 1.82) is 5.26 Å². The van der Waals surface area contributed by atoms with Crippen LogP contribution in [-0.2, 0) is 16.2 Å². The zero-order valence-electron chi connectivity index (χ0n) is 12.7. The van der Waals surface area contributed by atoms with Gasteiger partial charge in [0.2, 0.25) is 10.0 Å². The molecule has 24 heavy (non-hydrogen) atoms. The highest BCUT2D eigenvalue weighted by Gasteiger charge is 2.35. The monoisotopic (exact) mass is 383 g/mol. The average Bonchev–Trinajstić information content (AvgIpc) is 2.48. The molecule has 0 bridgehead atoms. The third-order valence-corrected chi connectivity index (χ3v) is 5.31. The van der Waals surface area contributed by atoms with E-state index in [0.29, 0.717) is 25.6 Å². The fourth-order valence-corrected chi connectivity index (χ4v) is 3.88. The molecule has 5 nitrogen and oxygen atoms in total. The number of nitrogens with zero attached hydrogens (tertiary/aromatic N) is 1. The van der Waals surface area contributed by atoms with Crippen molar-refractivity contribution in [3.8, 4) is 6.07 Å². The van der Waals surface area contributed by atoms with Crippen LogP contribution in [-0.4, -0.2) is 27.5 Å². The zero-order chi connectivity index (χ0) is 17.3. The summed E-state index contributed by atoms with van der Waals surface area (Å²) < 4.78 is 66.0. The van der Waals surface area contributed by atoms with E-state index >= 15 is 0 Å². The number of benzene rings is 1. The number of sulfonamides is 1. The van der Waals surface area contributed by atoms with Gasteiger partial charge in [0.1, 0.15) is 0 Å². The summed E-state index contributed by atoms with van der Waals surface area (Å²) in [4.78, 5) is -0.491. The van der Waals surface area contributed by atoms with Crippen LogP contribution in [0.5, 0.6) is 0 Å². The summed E-state index contributed by atoms with van der Waals surface area (Å²) in [6, 6.07) is 3.48. The molecule has 2 atom stereocenters. The second kappa shape index (κ2) is 7.70. The lowest BCUT2D eigenvalue weighted by Gasteiger charge is -2.30. The van der Waals surface area contributed by atoms with Gasteiger partial charge in [-0.05, 0) is 43.6 Å². The van der Waals surface area contributed by atoms with Gasteiger partial charge < -0.3 is 5.32 Å². The normalized spacial score (nSPS) is 21.6. The molecule has 0 aliphatic carbocycles. The van der Waals surface area contributed by atoms with E-state index in [1.807, 2.05) is 6.92 Å². The van der Waals surface area contributed by atoms with Gasteiger partial charge in [-0.1, -0.05) is 6.92 Å². The van der Waals surface area contributed by atoms with Gasteiger partial charge in [-0.3, -0.25) is 0 Å². The van der Waals surface area contributed by atoms with Crippen molar-refractivity contribution in [2.75, 3.05) is 13.1 Å². The van der Waals surface area contributed by atoms with E-state index in [1.54, 1.807) is 0 Å². The van der Waals surface area contributed by atoms with Crippen LogP contribution in [0.15, 0.2) is 23.1 Å². The summed E-state index contributed by atoms with van der Waals surface area (Å²) in [7, 11) is -4.09. The Morgan fingerprint density at radius 2 is 2.04 bits per heavy atom. The summed E-state index contributed by atoms with van der Waals surface area (Å²) in [6.45, 7) is 3.13. The van der Waals surface area contributed by atoms with E-state index in [2.05, 4.69) is 10.0 Å². The van der Waals surface area contributed by atoms with Gasteiger partial charge in [0.15, 0.2) is 0 Å². The molecule has 1 aromatic carbocycles. The molecule has 1 aliphatic heterocycles. The molecule has 0 radical (unpaired) electrons. The summed E-state index contributed by atoms with van der Waals surface area (Å²) in [5, 5.41) is 11.9. The molecule has 1 fully saturated rings. The van der Waals surface area contributed by atoms with Crippen molar-refractivity contribution in [3.63, 3.8) is 0 Å². The lowest BCUT2D eigenvalue weighted by atomic mass is 9.97. The van der Waals surface area contributed by atoms with Gasteiger partial charge >= 0.3 is 6.18 Å². The first-order valence-electron chi connectivity index (χ1n) is 6.99. The Bertz CT molecular complexity index is 732. The van der Waals surface area contributed by atoms with Crippen molar-refractivity contribution in [3.05, 3.63) is 29.3 Å². The number of rotatable bonds is 3. The first kappa shape index (κ1) is 20.7. The molecule has 2 rings (SSSR count). The zero-order valence-corrected chi connectivity index (χ0v) is 14.4. The average molecular weight is 384 g/mol. The van der Waals surface area contributed by atoms with E-state index in [4.69, 9.17) is 5.26 Å². The smallest absolute Gasteiger partial charge is 0.316 e. The molecule has 0 saturated carbocycles. The number of nitrogens with one attached hydrogen (secondary N) is 2. The van der Waals surface area contributed by atoms with E-state index < -0.39 is 32.2 Å². The van der Waals surface area contributed by atoms with Crippen LogP contribution in [0, 0.1) is 17.2 Å². The highest BCUT2D eigenvalue weighted by Crippen LogP contribution is 2.33. The maximum atomic E-state index is 12.9. The Hall–Kier alpha value is -1.34. The summed E-state index contributed by atoms with van der Waals surface area (Å²) in [6.07, 6.45) is -4.23. The largest absolute Gasteiger partial charge is 0.417 e. The summed E-state index contributed by atoms with van der Waals surface area (Å²) in [5.41, 5.74) is -1.85. The van der Waals surface area contributed by atoms with Crippen LogP contribution in [0.1, 0.15) is 24.5 Å². The highest BCUT2D eigenvalue weighted by atomic mass is 35.5. The van der Waals surface area contributed by atoms with Gasteiger partial charge in [-0.2, -0.15) is 18.4 Å². The van der Waals surface area contributed by atoms with Crippen LogP contribution >= 0.6 is 12.4 Å². The van der Waals surface area contributed by atoms with Gasteiger partial charge in [-0.25, -0.2) is 13.1 Å². The molecule has 1 aliphatic rings. The van der Waals surface area contributed by atoms with Crippen molar-refractivity contribution in [2.24, 2.45) is 5.92 Å². The quantitative estimate of drug-likeness (QED) is 0.839. The minimum absolute atomic E-state index is 0. The number of halogens is 4. The van der Waals surface area contributed by atoms with Crippen LogP contribution in [0.3, 0.4) is 0 Å². The highest BCUT2D eigenvalue weighted by molar-refractivity contribution is 7.89. The van der Waals surface area contributed by atoms with Crippen LogP contribution in [0.2, 0.25) is 0 Å². The molecular formula is C14H17ClF3N3O2S. The Kier molecular flexibility index (Phi) is 6.64. The predicted octanol–water partition coefficient (Wildman–Crippen LogP) is 2.28. The molecule has 134 valence electrons. The number of nitriles is 1. The molecule has 1 saturated heterocycles. The van der Waals surface area contributed by atoms with Crippen molar-refractivity contribution < 1.29 is 21.6 Å². The van der Waals surface area contributed by atoms with Gasteiger partial charge in [-0.15, -0.1) is 12.4 Å². The first-order chi connectivity index (χ1) is 10.6. The summed E-state index contributed by atoms with van der Waals surface area (Å²) >= 11 is 0. The van der Waals surface area contributed by atoms with E-state index in [0.717, 1.165) is 12.1 Å². The molecule has 0 aromatic heterocycles. The fraction of sp³-hybridized carbons (Fsp3) is 0.500. The third kappa shape index (κ3) is 4.60. The second-order valence-corrected chi connectivity index (χ2v) is 7.23. The van der Waals surface area contributed by atoms with Crippen molar-refractivity contribution >= 4 is 22.4 Å². The predicted molar refractivity (Wildman–Crippen MR) is 84.2 cm³/mol. The van der Waals surface area contributed by atoms with Gasteiger partial charge in [0.25, 0.3) is 0 Å². The lowest BCUT2D eigenvalue weighted by molar-refractivity contribution is -0.137. The maximum Gasteiger partial charge on any atom is 0.417 e. The molecular weight excluding hydrogens is 367 g/mol. The lowest BCUT2D eigenvalue weighted by Crippen LogP contribution is -2.48. The molecule has 2 unspecified atom stereocenters. The molecule has 0 amide bonds. The van der Waals surface area contributed by atoms with Crippen molar-refractivity contribution in [2.45, 2.75) is 30.5 Å². The van der Waals surface area contributed by atoms with E-state index in [-0.39, 0.29) is 24.4 Å². The molecule has 1 heterocycles. The molecule has 10 heteroatoms. The van der Waals surface area contributed by atoms with Gasteiger partial charge in [0, 0.05) is 6.04 Å². The Morgan fingerprint density at radius 3 is 2.58 bits per heavy atom. The van der Waals surface area contributed by atoms with Crippen LogP contribution in [0.4, 0.5) is 13.2 Å². The number of hydrogen-bond acceptors (Lipinski definition) is 4. The number of piperidine rings is 1. The molecule has 0 spiro atoms. The van der Waals surface area contributed by atoms with Crippen LogP contribution < -0.4 is 10.0 Å². The van der Waals surface area contributed by atoms with Crippen molar-refractivity contribution in [1.82, 2.24) is 10.0 Å². The topological polar surface area (TPSA) is 82.0 Å². The number of hydrogen-bond donors (Lipinski definition) is 2.